The fourth-order valence-corrected chi connectivity index (χ4v) is 2.26. The SMILES string of the molecule is O=C(O)[C@H]1CN(C(=O)Cn2nnc(-c3ccccc3)n2)CCO1. The molecule has 1 aliphatic rings. The van der Waals surface area contributed by atoms with E-state index in [0.29, 0.717) is 12.4 Å². The minimum Gasteiger partial charge on any atom is -0.479 e. The van der Waals surface area contributed by atoms with Crippen LogP contribution in [-0.4, -0.2) is 67.9 Å². The quantitative estimate of drug-likeness (QED) is 0.820. The van der Waals surface area contributed by atoms with Crippen LogP contribution in [0.15, 0.2) is 30.3 Å². The number of aromatic nitrogens is 4. The first kappa shape index (κ1) is 15.1. The number of ether oxygens (including phenoxy) is 1. The van der Waals surface area contributed by atoms with Gasteiger partial charge in [-0.05, 0) is 5.21 Å². The van der Waals surface area contributed by atoms with Gasteiger partial charge >= 0.3 is 5.97 Å². The molecular weight excluding hydrogens is 302 g/mol. The van der Waals surface area contributed by atoms with E-state index in [-0.39, 0.29) is 25.6 Å². The van der Waals surface area contributed by atoms with Crippen molar-refractivity contribution < 1.29 is 19.4 Å². The summed E-state index contributed by atoms with van der Waals surface area (Å²) in [5.41, 5.74) is 0.809. The number of carboxylic acids is 1. The molecule has 23 heavy (non-hydrogen) atoms. The molecule has 0 radical (unpaired) electrons. The van der Waals surface area contributed by atoms with Crippen molar-refractivity contribution in [1.82, 2.24) is 25.1 Å². The fraction of sp³-hybridized carbons (Fsp3) is 0.357. The van der Waals surface area contributed by atoms with E-state index in [1.54, 1.807) is 0 Å². The molecule has 1 aromatic carbocycles. The summed E-state index contributed by atoms with van der Waals surface area (Å²) in [6, 6.07) is 9.31. The first-order chi connectivity index (χ1) is 11.1. The molecule has 9 nitrogen and oxygen atoms in total. The van der Waals surface area contributed by atoms with Crippen LogP contribution in [-0.2, 0) is 20.9 Å². The molecule has 2 heterocycles. The smallest absolute Gasteiger partial charge is 0.334 e. The Balaban J connectivity index is 1.64. The number of amides is 1. The molecule has 0 aliphatic carbocycles. The molecule has 9 heteroatoms. The van der Waals surface area contributed by atoms with Crippen LogP contribution in [0.2, 0.25) is 0 Å². The molecule has 0 bridgehead atoms. The predicted molar refractivity (Wildman–Crippen MR) is 77.2 cm³/mol. The summed E-state index contributed by atoms with van der Waals surface area (Å²) in [6.45, 7) is 0.478. The highest BCUT2D eigenvalue weighted by atomic mass is 16.5. The maximum atomic E-state index is 12.2. The van der Waals surface area contributed by atoms with Crippen LogP contribution >= 0.6 is 0 Å². The molecule has 0 unspecified atom stereocenters. The fourth-order valence-electron chi connectivity index (χ4n) is 2.26. The molecule has 1 N–H and O–H groups in total. The lowest BCUT2D eigenvalue weighted by Crippen LogP contribution is -2.49. The second kappa shape index (κ2) is 6.53. The first-order valence-electron chi connectivity index (χ1n) is 7.09. The van der Waals surface area contributed by atoms with Crippen LogP contribution in [0.1, 0.15) is 0 Å². The van der Waals surface area contributed by atoms with Crippen molar-refractivity contribution in [2.45, 2.75) is 12.6 Å². The Kier molecular flexibility index (Phi) is 4.29. The number of carbonyl (C=O) groups is 2. The maximum absolute atomic E-state index is 12.2. The summed E-state index contributed by atoms with van der Waals surface area (Å²) >= 11 is 0. The lowest BCUT2D eigenvalue weighted by molar-refractivity contribution is -0.159. The van der Waals surface area contributed by atoms with E-state index < -0.39 is 12.1 Å². The van der Waals surface area contributed by atoms with Gasteiger partial charge in [-0.1, -0.05) is 30.3 Å². The summed E-state index contributed by atoms with van der Waals surface area (Å²) < 4.78 is 5.09. The Morgan fingerprint density at radius 2 is 2.09 bits per heavy atom. The molecule has 1 aromatic heterocycles. The van der Waals surface area contributed by atoms with Gasteiger partial charge in [0.1, 0.15) is 6.54 Å². The van der Waals surface area contributed by atoms with Crippen LogP contribution in [0.3, 0.4) is 0 Å². The zero-order valence-electron chi connectivity index (χ0n) is 12.2. The Morgan fingerprint density at radius 3 is 2.83 bits per heavy atom. The largest absolute Gasteiger partial charge is 0.479 e. The van der Waals surface area contributed by atoms with E-state index in [0.717, 1.165) is 5.56 Å². The van der Waals surface area contributed by atoms with Crippen molar-refractivity contribution in [3.8, 4) is 11.4 Å². The van der Waals surface area contributed by atoms with Crippen molar-refractivity contribution in [2.24, 2.45) is 0 Å². The Morgan fingerprint density at radius 1 is 1.30 bits per heavy atom. The first-order valence-corrected chi connectivity index (χ1v) is 7.09. The van der Waals surface area contributed by atoms with Crippen LogP contribution < -0.4 is 0 Å². The van der Waals surface area contributed by atoms with Gasteiger partial charge < -0.3 is 14.7 Å². The standard InChI is InChI=1S/C14H15N5O4/c20-12(18-6-7-23-11(8-18)14(21)22)9-19-16-13(15-17-19)10-4-2-1-3-5-10/h1-5,11H,6-9H2,(H,21,22)/t11-/m1/s1. The minimum absolute atomic E-state index is 0.0222. The van der Waals surface area contributed by atoms with Gasteiger partial charge in [-0.15, -0.1) is 10.2 Å². The third kappa shape index (κ3) is 3.51. The Labute approximate surface area is 131 Å². The number of hydrogen-bond acceptors (Lipinski definition) is 6. The van der Waals surface area contributed by atoms with Gasteiger partial charge in [-0.2, -0.15) is 4.80 Å². The minimum atomic E-state index is -1.08. The maximum Gasteiger partial charge on any atom is 0.334 e. The third-order valence-corrected chi connectivity index (χ3v) is 3.46. The average Bonchev–Trinajstić information content (AvgIpc) is 3.04. The van der Waals surface area contributed by atoms with E-state index >= 15 is 0 Å². The van der Waals surface area contributed by atoms with Crippen LogP contribution in [0.25, 0.3) is 11.4 Å². The summed E-state index contributed by atoms with van der Waals surface area (Å²) in [7, 11) is 0. The van der Waals surface area contributed by atoms with E-state index in [2.05, 4.69) is 15.4 Å². The number of carboxylic acid groups (broad SMARTS) is 1. The molecule has 0 spiro atoms. The van der Waals surface area contributed by atoms with Crippen LogP contribution in [0, 0.1) is 0 Å². The summed E-state index contributed by atoms with van der Waals surface area (Å²) in [5.74, 6) is -0.909. The molecule has 0 saturated carbocycles. The Hall–Kier alpha value is -2.81. The van der Waals surface area contributed by atoms with Crippen molar-refractivity contribution >= 4 is 11.9 Å². The van der Waals surface area contributed by atoms with Gasteiger partial charge in [0, 0.05) is 12.1 Å². The average molecular weight is 317 g/mol. The molecule has 2 aromatic rings. The molecule has 1 aliphatic heterocycles. The van der Waals surface area contributed by atoms with E-state index in [1.807, 2.05) is 30.3 Å². The number of aliphatic carboxylic acids is 1. The third-order valence-electron chi connectivity index (χ3n) is 3.46. The highest BCUT2D eigenvalue weighted by Gasteiger charge is 2.29. The number of carbonyl (C=O) groups excluding carboxylic acids is 1. The molecule has 1 amide bonds. The van der Waals surface area contributed by atoms with Crippen molar-refractivity contribution in [1.29, 1.82) is 0 Å². The normalized spacial score (nSPS) is 17.9. The summed E-state index contributed by atoms with van der Waals surface area (Å²) in [5, 5.41) is 20.9. The van der Waals surface area contributed by atoms with Crippen molar-refractivity contribution in [2.75, 3.05) is 19.7 Å². The van der Waals surface area contributed by atoms with Crippen LogP contribution in [0.5, 0.6) is 0 Å². The topological polar surface area (TPSA) is 110 Å². The summed E-state index contributed by atoms with van der Waals surface area (Å²) in [4.78, 5) is 25.8. The zero-order valence-corrected chi connectivity index (χ0v) is 12.2. The molecule has 3 rings (SSSR count). The number of hydrogen-bond donors (Lipinski definition) is 1. The molecule has 1 atom stereocenters. The second-order valence-corrected chi connectivity index (χ2v) is 5.05. The zero-order chi connectivity index (χ0) is 16.2. The predicted octanol–water partition coefficient (Wildman–Crippen LogP) is -0.348. The molecule has 1 fully saturated rings. The molecular formula is C14H15N5O4. The number of tetrazole rings is 1. The van der Waals surface area contributed by atoms with Gasteiger partial charge in [0.2, 0.25) is 11.7 Å². The van der Waals surface area contributed by atoms with Gasteiger partial charge in [-0.25, -0.2) is 4.79 Å². The number of rotatable bonds is 4. The lowest BCUT2D eigenvalue weighted by Gasteiger charge is -2.30. The second-order valence-electron chi connectivity index (χ2n) is 5.05. The van der Waals surface area contributed by atoms with Crippen molar-refractivity contribution in [3.05, 3.63) is 30.3 Å². The molecule has 120 valence electrons. The van der Waals surface area contributed by atoms with E-state index in [1.165, 1.54) is 9.70 Å². The monoisotopic (exact) mass is 317 g/mol. The number of nitrogens with zero attached hydrogens (tertiary/aromatic N) is 5. The van der Waals surface area contributed by atoms with Gasteiger partial charge in [0.15, 0.2) is 6.10 Å². The van der Waals surface area contributed by atoms with Crippen molar-refractivity contribution in [3.63, 3.8) is 0 Å². The van der Waals surface area contributed by atoms with Gasteiger partial charge in [0.25, 0.3) is 0 Å². The lowest BCUT2D eigenvalue weighted by atomic mass is 10.2. The number of morpholine rings is 1. The van der Waals surface area contributed by atoms with E-state index in [9.17, 15) is 9.59 Å². The summed E-state index contributed by atoms with van der Waals surface area (Å²) in [6.07, 6.45) is -0.990. The van der Waals surface area contributed by atoms with Crippen LogP contribution in [0.4, 0.5) is 0 Å². The van der Waals surface area contributed by atoms with Gasteiger partial charge in [0.05, 0.1) is 13.2 Å². The Bertz CT molecular complexity index is 702. The van der Waals surface area contributed by atoms with E-state index in [4.69, 9.17) is 9.84 Å². The highest BCUT2D eigenvalue weighted by molar-refractivity contribution is 5.78. The number of benzene rings is 1. The van der Waals surface area contributed by atoms with Gasteiger partial charge in [-0.3, -0.25) is 4.79 Å². The highest BCUT2D eigenvalue weighted by Crippen LogP contribution is 2.12. The molecule has 1 saturated heterocycles.